The van der Waals surface area contributed by atoms with Gasteiger partial charge in [-0.2, -0.15) is 4.98 Å². The van der Waals surface area contributed by atoms with Gasteiger partial charge in [0, 0.05) is 24.7 Å². The maximum atomic E-state index is 6.33. The Morgan fingerprint density at radius 1 is 1.12 bits per heavy atom. The Balaban J connectivity index is 1.71. The Bertz CT molecular complexity index is 601. The first kappa shape index (κ1) is 19.5. The van der Waals surface area contributed by atoms with Gasteiger partial charge in [0.1, 0.15) is 13.2 Å². The van der Waals surface area contributed by atoms with Gasteiger partial charge >= 0.3 is 0 Å². The molecule has 0 radical (unpaired) electrons. The van der Waals surface area contributed by atoms with Crippen molar-refractivity contribution in [3.8, 4) is 11.6 Å². The third kappa shape index (κ3) is 4.72. The number of nitrogens with one attached hydrogen (secondary N) is 1. The molecule has 2 atom stereocenters. The summed E-state index contributed by atoms with van der Waals surface area (Å²) >= 11 is 6.33. The van der Waals surface area contributed by atoms with E-state index in [0.717, 1.165) is 31.7 Å². The fraction of sp³-hybridized carbons (Fsp3) is 0.737. The minimum Gasteiger partial charge on any atom is -0.486 e. The molecule has 2 fully saturated rings. The normalized spacial score (nSPS) is 24.2. The molecule has 0 spiro atoms. The van der Waals surface area contributed by atoms with Gasteiger partial charge in [-0.05, 0) is 59.8 Å². The summed E-state index contributed by atoms with van der Waals surface area (Å²) in [6, 6.07) is 2.79. The van der Waals surface area contributed by atoms with Crippen molar-refractivity contribution in [1.82, 2.24) is 14.8 Å². The topological polar surface area (TPSA) is 49.9 Å². The number of likely N-dealkylation sites (N-methyl/N-ethyl adjacent to an activating group) is 2. The number of hydrogen-bond acceptors (Lipinski definition) is 6. The molecule has 146 valence electrons. The zero-order valence-electron chi connectivity index (χ0n) is 16.1. The lowest BCUT2D eigenvalue weighted by Gasteiger charge is -2.23. The first-order valence-corrected chi connectivity index (χ1v) is 10.1. The number of nitrogens with zero attached hydrogens (tertiary/aromatic N) is 3. The van der Waals surface area contributed by atoms with Crippen LogP contribution in [0.15, 0.2) is 6.07 Å². The molecule has 2 saturated heterocycles. The number of rotatable bonds is 8. The second kappa shape index (κ2) is 9.11. The molecule has 2 aliphatic heterocycles. The highest BCUT2D eigenvalue weighted by Crippen LogP contribution is 2.34. The summed E-state index contributed by atoms with van der Waals surface area (Å²) in [5.41, 5.74) is 0.786. The summed E-state index contributed by atoms with van der Waals surface area (Å²) in [6.45, 7) is 6.32. The number of ether oxygens (including phenoxy) is 2. The average molecular weight is 383 g/mol. The third-order valence-electron chi connectivity index (χ3n) is 5.46. The number of pyridine rings is 1. The molecule has 2 aliphatic rings. The van der Waals surface area contributed by atoms with Crippen molar-refractivity contribution >= 4 is 17.3 Å². The first-order chi connectivity index (χ1) is 12.6. The zero-order valence-corrected chi connectivity index (χ0v) is 16.9. The molecule has 1 aromatic rings. The van der Waals surface area contributed by atoms with E-state index in [1.807, 2.05) is 13.0 Å². The summed E-state index contributed by atoms with van der Waals surface area (Å²) in [5.74, 6) is 1.17. The number of likely N-dealkylation sites (tertiary alicyclic amines) is 2. The summed E-state index contributed by atoms with van der Waals surface area (Å²) in [6.07, 6.45) is 4.77. The second-order valence-corrected chi connectivity index (χ2v) is 7.69. The molecule has 0 unspecified atom stereocenters. The van der Waals surface area contributed by atoms with Crippen molar-refractivity contribution in [2.24, 2.45) is 0 Å². The van der Waals surface area contributed by atoms with Crippen LogP contribution in [0.5, 0.6) is 11.6 Å². The minimum absolute atomic E-state index is 0.423. The highest BCUT2D eigenvalue weighted by Gasteiger charge is 2.25. The van der Waals surface area contributed by atoms with Gasteiger partial charge in [0.15, 0.2) is 10.9 Å². The quantitative estimate of drug-likeness (QED) is 0.697. The van der Waals surface area contributed by atoms with Gasteiger partial charge < -0.3 is 24.6 Å². The molecular formula is C19H31ClN4O2. The molecule has 1 aromatic heterocycles. The average Bonchev–Trinajstić information content (AvgIpc) is 3.22. The van der Waals surface area contributed by atoms with Crippen LogP contribution in [-0.2, 0) is 0 Å². The summed E-state index contributed by atoms with van der Waals surface area (Å²) < 4.78 is 12.2. The van der Waals surface area contributed by atoms with Gasteiger partial charge in [-0.15, -0.1) is 0 Å². The van der Waals surface area contributed by atoms with E-state index in [9.17, 15) is 0 Å². The largest absolute Gasteiger partial charge is 0.486 e. The highest BCUT2D eigenvalue weighted by atomic mass is 35.5. The lowest BCUT2D eigenvalue weighted by atomic mass is 10.2. The lowest BCUT2D eigenvalue weighted by molar-refractivity contribution is 0.169. The third-order valence-corrected chi connectivity index (χ3v) is 5.75. The van der Waals surface area contributed by atoms with E-state index >= 15 is 0 Å². The summed E-state index contributed by atoms with van der Waals surface area (Å²) in [7, 11) is 4.29. The van der Waals surface area contributed by atoms with Crippen molar-refractivity contribution in [2.45, 2.75) is 44.7 Å². The van der Waals surface area contributed by atoms with Gasteiger partial charge in [0.2, 0.25) is 0 Å². The van der Waals surface area contributed by atoms with Crippen molar-refractivity contribution in [2.75, 3.05) is 52.3 Å². The van der Waals surface area contributed by atoms with Gasteiger partial charge in [-0.3, -0.25) is 0 Å². The molecule has 0 bridgehead atoms. The number of hydrogen-bond donors (Lipinski definition) is 1. The van der Waals surface area contributed by atoms with Crippen LogP contribution in [0.25, 0.3) is 0 Å². The van der Waals surface area contributed by atoms with E-state index < -0.39 is 0 Å². The molecule has 0 aliphatic carbocycles. The zero-order chi connectivity index (χ0) is 18.5. The van der Waals surface area contributed by atoms with Crippen LogP contribution in [0.4, 0.5) is 5.69 Å². The SMILES string of the molecule is CCNc1cc(OC[C@H]2CCCN2C)c(OC[C@H]2CCCN2C)nc1Cl. The first-order valence-electron chi connectivity index (χ1n) is 9.69. The van der Waals surface area contributed by atoms with Gasteiger partial charge in [0.05, 0.1) is 5.69 Å². The molecule has 7 heteroatoms. The second-order valence-electron chi connectivity index (χ2n) is 7.34. The Hall–Kier alpha value is -1.24. The number of halogens is 1. The van der Waals surface area contributed by atoms with E-state index in [1.165, 1.54) is 19.3 Å². The molecule has 0 saturated carbocycles. The van der Waals surface area contributed by atoms with E-state index in [0.29, 0.717) is 42.1 Å². The standard InChI is InChI=1S/C19H31ClN4O2/c1-4-21-16-11-17(25-12-14-7-5-9-23(14)2)19(22-18(16)20)26-13-15-8-6-10-24(15)3/h11,14-15,21H,4-10,12-13H2,1-3H3/t14-,15-/m1/s1. The lowest BCUT2D eigenvalue weighted by Crippen LogP contribution is -2.31. The Labute approximate surface area is 161 Å². The van der Waals surface area contributed by atoms with Crippen LogP contribution in [0.1, 0.15) is 32.6 Å². The molecular weight excluding hydrogens is 352 g/mol. The molecule has 0 aromatic carbocycles. The Morgan fingerprint density at radius 2 is 1.73 bits per heavy atom. The van der Waals surface area contributed by atoms with Crippen molar-refractivity contribution < 1.29 is 9.47 Å². The van der Waals surface area contributed by atoms with Crippen molar-refractivity contribution in [1.29, 1.82) is 0 Å². The maximum Gasteiger partial charge on any atom is 0.258 e. The highest BCUT2D eigenvalue weighted by molar-refractivity contribution is 6.32. The molecule has 6 nitrogen and oxygen atoms in total. The number of aromatic nitrogens is 1. The Morgan fingerprint density at radius 3 is 2.27 bits per heavy atom. The Kier molecular flexibility index (Phi) is 6.84. The molecule has 3 heterocycles. The fourth-order valence-corrected chi connectivity index (χ4v) is 3.92. The predicted octanol–water partition coefficient (Wildman–Crippen LogP) is 3.11. The minimum atomic E-state index is 0.423. The van der Waals surface area contributed by atoms with Crippen LogP contribution < -0.4 is 14.8 Å². The maximum absolute atomic E-state index is 6.33. The molecule has 3 rings (SSSR count). The summed E-state index contributed by atoms with van der Waals surface area (Å²) in [4.78, 5) is 9.15. The fourth-order valence-electron chi connectivity index (χ4n) is 3.72. The monoisotopic (exact) mass is 382 g/mol. The van der Waals surface area contributed by atoms with Gasteiger partial charge in [0.25, 0.3) is 5.88 Å². The van der Waals surface area contributed by atoms with Crippen LogP contribution >= 0.6 is 11.6 Å². The van der Waals surface area contributed by atoms with E-state index in [1.54, 1.807) is 0 Å². The van der Waals surface area contributed by atoms with Crippen LogP contribution in [-0.4, -0.2) is 73.8 Å². The van der Waals surface area contributed by atoms with Crippen LogP contribution in [0.3, 0.4) is 0 Å². The van der Waals surface area contributed by atoms with Gasteiger partial charge in [-0.1, -0.05) is 11.6 Å². The summed E-state index contributed by atoms with van der Waals surface area (Å²) in [5, 5.41) is 3.66. The smallest absolute Gasteiger partial charge is 0.258 e. The van der Waals surface area contributed by atoms with E-state index in [2.05, 4.69) is 34.2 Å². The number of anilines is 1. The van der Waals surface area contributed by atoms with Crippen LogP contribution in [0.2, 0.25) is 5.15 Å². The van der Waals surface area contributed by atoms with Crippen LogP contribution in [0, 0.1) is 0 Å². The van der Waals surface area contributed by atoms with Crippen molar-refractivity contribution in [3.05, 3.63) is 11.2 Å². The predicted molar refractivity (Wildman–Crippen MR) is 106 cm³/mol. The van der Waals surface area contributed by atoms with Gasteiger partial charge in [-0.25, -0.2) is 0 Å². The molecule has 26 heavy (non-hydrogen) atoms. The van der Waals surface area contributed by atoms with E-state index in [4.69, 9.17) is 21.1 Å². The van der Waals surface area contributed by atoms with E-state index in [-0.39, 0.29) is 0 Å². The molecule has 0 amide bonds. The molecule has 1 N–H and O–H groups in total. The van der Waals surface area contributed by atoms with Crippen molar-refractivity contribution in [3.63, 3.8) is 0 Å².